The van der Waals surface area contributed by atoms with E-state index in [0.717, 1.165) is 23.5 Å². The van der Waals surface area contributed by atoms with Crippen LogP contribution in [0.5, 0.6) is 0 Å². The van der Waals surface area contributed by atoms with Gasteiger partial charge in [-0.05, 0) is 38.5 Å². The summed E-state index contributed by atoms with van der Waals surface area (Å²) in [6, 6.07) is 11.4. The van der Waals surface area contributed by atoms with Crippen molar-refractivity contribution in [3.05, 3.63) is 47.8 Å². The van der Waals surface area contributed by atoms with E-state index in [9.17, 15) is 4.79 Å². The monoisotopic (exact) mass is 284 g/mol. The van der Waals surface area contributed by atoms with Crippen molar-refractivity contribution in [1.82, 2.24) is 9.97 Å². The second kappa shape index (κ2) is 7.38. The highest BCUT2D eigenvalue weighted by molar-refractivity contribution is 5.90. The Morgan fingerprint density at radius 3 is 2.43 bits per heavy atom. The van der Waals surface area contributed by atoms with Crippen molar-refractivity contribution < 1.29 is 4.79 Å². The first-order valence-electron chi connectivity index (χ1n) is 7.04. The normalized spacial score (nSPS) is 10.2. The molecule has 110 valence electrons. The molecule has 0 spiro atoms. The van der Waals surface area contributed by atoms with E-state index in [1.807, 2.05) is 50.2 Å². The molecule has 1 amide bonds. The number of rotatable bonds is 6. The number of nitrogens with zero attached hydrogens (tertiary/aromatic N) is 2. The Kier molecular flexibility index (Phi) is 5.26. The zero-order valence-electron chi connectivity index (χ0n) is 12.4. The molecule has 0 bridgehead atoms. The molecule has 5 nitrogen and oxygen atoms in total. The topological polar surface area (TPSA) is 66.9 Å². The molecule has 2 N–H and O–H groups in total. The number of benzene rings is 1. The Labute approximate surface area is 124 Å². The van der Waals surface area contributed by atoms with Crippen LogP contribution in [0.25, 0.3) is 0 Å². The first-order valence-corrected chi connectivity index (χ1v) is 7.04. The van der Waals surface area contributed by atoms with Gasteiger partial charge in [-0.2, -0.15) is 0 Å². The maximum atomic E-state index is 11.8. The molecule has 2 rings (SSSR count). The number of amides is 1. The fourth-order valence-electron chi connectivity index (χ4n) is 2.00. The smallest absolute Gasteiger partial charge is 0.224 e. The van der Waals surface area contributed by atoms with Gasteiger partial charge in [0.25, 0.3) is 0 Å². The number of carbonyl (C=O) groups excluding carboxylic acids is 1. The first kappa shape index (κ1) is 15.0. The number of nitrogens with one attached hydrogen (secondary N) is 2. The number of anilines is 2. The fourth-order valence-corrected chi connectivity index (χ4v) is 2.00. The van der Waals surface area contributed by atoms with Gasteiger partial charge in [0, 0.05) is 30.0 Å². The highest BCUT2D eigenvalue weighted by Gasteiger charge is 2.03. The van der Waals surface area contributed by atoms with Crippen LogP contribution in [0.15, 0.2) is 36.4 Å². The van der Waals surface area contributed by atoms with Crippen LogP contribution >= 0.6 is 0 Å². The Morgan fingerprint density at radius 2 is 1.76 bits per heavy atom. The molecule has 0 aliphatic carbocycles. The van der Waals surface area contributed by atoms with Gasteiger partial charge in [-0.15, -0.1) is 0 Å². The molecule has 0 aliphatic heterocycles. The van der Waals surface area contributed by atoms with Crippen molar-refractivity contribution >= 4 is 17.5 Å². The van der Waals surface area contributed by atoms with Gasteiger partial charge >= 0.3 is 0 Å². The highest BCUT2D eigenvalue weighted by atomic mass is 16.1. The number of aryl methyl sites for hydroxylation is 2. The van der Waals surface area contributed by atoms with Gasteiger partial charge in [0.1, 0.15) is 0 Å². The summed E-state index contributed by atoms with van der Waals surface area (Å²) >= 11 is 0. The molecule has 0 radical (unpaired) electrons. The molecule has 21 heavy (non-hydrogen) atoms. The Morgan fingerprint density at radius 1 is 1.10 bits per heavy atom. The lowest BCUT2D eigenvalue weighted by Crippen LogP contribution is -2.14. The van der Waals surface area contributed by atoms with Gasteiger partial charge in [0.2, 0.25) is 11.9 Å². The van der Waals surface area contributed by atoms with Crippen molar-refractivity contribution in [2.75, 3.05) is 17.2 Å². The number of hydrogen-bond donors (Lipinski definition) is 2. The van der Waals surface area contributed by atoms with Gasteiger partial charge in [0.05, 0.1) is 0 Å². The highest BCUT2D eigenvalue weighted by Crippen LogP contribution is 2.07. The van der Waals surface area contributed by atoms with E-state index in [-0.39, 0.29) is 5.91 Å². The van der Waals surface area contributed by atoms with Crippen LogP contribution in [0, 0.1) is 13.8 Å². The third kappa shape index (κ3) is 5.22. The predicted molar refractivity (Wildman–Crippen MR) is 84.3 cm³/mol. The zero-order valence-corrected chi connectivity index (χ0v) is 12.4. The summed E-state index contributed by atoms with van der Waals surface area (Å²) in [6.07, 6.45) is 1.20. The van der Waals surface area contributed by atoms with E-state index in [2.05, 4.69) is 20.6 Å². The second-order valence-electron chi connectivity index (χ2n) is 4.92. The molecule has 0 atom stereocenters. The van der Waals surface area contributed by atoms with Crippen molar-refractivity contribution in [3.8, 4) is 0 Å². The quantitative estimate of drug-likeness (QED) is 0.800. The average molecular weight is 284 g/mol. The summed E-state index contributed by atoms with van der Waals surface area (Å²) in [5.41, 5.74) is 2.70. The molecule has 0 saturated carbocycles. The van der Waals surface area contributed by atoms with Crippen molar-refractivity contribution in [1.29, 1.82) is 0 Å². The van der Waals surface area contributed by atoms with Gasteiger partial charge in [0.15, 0.2) is 0 Å². The third-order valence-corrected chi connectivity index (χ3v) is 2.90. The number of aromatic nitrogens is 2. The Hall–Kier alpha value is -2.43. The molecule has 1 heterocycles. The lowest BCUT2D eigenvalue weighted by atomic mass is 10.2. The second-order valence-corrected chi connectivity index (χ2v) is 4.92. The van der Waals surface area contributed by atoms with Gasteiger partial charge < -0.3 is 10.6 Å². The van der Waals surface area contributed by atoms with E-state index in [0.29, 0.717) is 18.9 Å². The van der Waals surface area contributed by atoms with Crippen LogP contribution in [-0.4, -0.2) is 22.4 Å². The Bertz CT molecular complexity index is 578. The van der Waals surface area contributed by atoms with Crippen LogP contribution in [0.2, 0.25) is 0 Å². The van der Waals surface area contributed by atoms with E-state index in [1.165, 1.54) is 0 Å². The number of para-hydroxylation sites is 1. The Balaban J connectivity index is 1.71. The van der Waals surface area contributed by atoms with E-state index >= 15 is 0 Å². The fraction of sp³-hybridized carbons (Fsp3) is 0.312. The lowest BCUT2D eigenvalue weighted by molar-refractivity contribution is -0.116. The van der Waals surface area contributed by atoms with E-state index in [1.54, 1.807) is 0 Å². The maximum Gasteiger partial charge on any atom is 0.224 e. The molecular formula is C16H20N4O. The van der Waals surface area contributed by atoms with E-state index in [4.69, 9.17) is 0 Å². The molecule has 0 saturated heterocycles. The first-order chi connectivity index (χ1) is 10.1. The molecule has 2 aromatic rings. The van der Waals surface area contributed by atoms with Crippen LogP contribution in [0.1, 0.15) is 24.2 Å². The molecule has 0 fully saturated rings. The van der Waals surface area contributed by atoms with Gasteiger partial charge in [-0.25, -0.2) is 9.97 Å². The van der Waals surface area contributed by atoms with Crippen molar-refractivity contribution in [3.63, 3.8) is 0 Å². The number of carbonyl (C=O) groups is 1. The standard InChI is InChI=1S/C16H20N4O/c1-12-11-13(2)19-16(18-12)17-10-6-9-15(21)20-14-7-4-3-5-8-14/h3-5,7-8,11H,6,9-10H2,1-2H3,(H,20,21)(H,17,18,19). The van der Waals surface area contributed by atoms with Gasteiger partial charge in [-0.1, -0.05) is 18.2 Å². The average Bonchev–Trinajstić information content (AvgIpc) is 2.44. The molecule has 5 heteroatoms. The molecule has 0 unspecified atom stereocenters. The third-order valence-electron chi connectivity index (χ3n) is 2.90. The summed E-state index contributed by atoms with van der Waals surface area (Å²) < 4.78 is 0. The molecular weight excluding hydrogens is 264 g/mol. The summed E-state index contributed by atoms with van der Waals surface area (Å²) in [6.45, 7) is 4.55. The minimum absolute atomic E-state index is 0.0179. The number of hydrogen-bond acceptors (Lipinski definition) is 4. The SMILES string of the molecule is Cc1cc(C)nc(NCCCC(=O)Nc2ccccc2)n1. The largest absolute Gasteiger partial charge is 0.354 e. The van der Waals surface area contributed by atoms with Crippen molar-refractivity contribution in [2.24, 2.45) is 0 Å². The summed E-state index contributed by atoms with van der Waals surface area (Å²) in [5.74, 6) is 0.639. The van der Waals surface area contributed by atoms with Crippen LogP contribution in [0.3, 0.4) is 0 Å². The summed E-state index contributed by atoms with van der Waals surface area (Å²) in [4.78, 5) is 20.4. The van der Waals surface area contributed by atoms with Crippen LogP contribution < -0.4 is 10.6 Å². The molecule has 1 aromatic carbocycles. The summed E-state index contributed by atoms with van der Waals surface area (Å²) in [7, 11) is 0. The molecule has 0 aliphatic rings. The van der Waals surface area contributed by atoms with Crippen molar-refractivity contribution in [2.45, 2.75) is 26.7 Å². The van der Waals surface area contributed by atoms with E-state index < -0.39 is 0 Å². The maximum absolute atomic E-state index is 11.8. The lowest BCUT2D eigenvalue weighted by Gasteiger charge is -2.07. The van der Waals surface area contributed by atoms with Crippen LogP contribution in [0.4, 0.5) is 11.6 Å². The molecule has 1 aromatic heterocycles. The summed E-state index contributed by atoms with van der Waals surface area (Å²) in [5, 5.41) is 6.00. The van der Waals surface area contributed by atoms with Crippen LogP contribution in [-0.2, 0) is 4.79 Å². The minimum atomic E-state index is 0.0179. The van der Waals surface area contributed by atoms with Gasteiger partial charge in [-0.3, -0.25) is 4.79 Å². The predicted octanol–water partition coefficient (Wildman–Crippen LogP) is 2.92. The minimum Gasteiger partial charge on any atom is -0.354 e. The zero-order chi connectivity index (χ0) is 15.1.